The molecule has 0 aliphatic rings. The third-order valence-electron chi connectivity index (χ3n) is 2.25. The zero-order chi connectivity index (χ0) is 10.9. The van der Waals surface area contributed by atoms with Crippen LogP contribution >= 0.6 is 0 Å². The zero-order valence-electron chi connectivity index (χ0n) is 8.03. The van der Waals surface area contributed by atoms with Crippen LogP contribution in [0.25, 0.3) is 5.65 Å². The van der Waals surface area contributed by atoms with Crippen LogP contribution in [0.1, 0.15) is 12.1 Å². The first-order valence-electron chi connectivity index (χ1n) is 4.65. The largest absolute Gasteiger partial charge is 0.330 e. The van der Waals surface area contributed by atoms with Crippen molar-refractivity contribution >= 4 is 5.65 Å². The monoisotopic (exact) mass is 211 g/mol. The number of rotatable bonds is 3. The van der Waals surface area contributed by atoms with Gasteiger partial charge in [0.15, 0.2) is 0 Å². The lowest BCUT2D eigenvalue weighted by Crippen LogP contribution is -2.20. The van der Waals surface area contributed by atoms with Gasteiger partial charge in [0.2, 0.25) is 0 Å². The summed E-state index contributed by atoms with van der Waals surface area (Å²) in [6, 6.07) is 5.13. The Balaban J connectivity index is 2.52. The lowest BCUT2D eigenvalue weighted by molar-refractivity contribution is -0.0159. The van der Waals surface area contributed by atoms with E-state index >= 15 is 0 Å². The van der Waals surface area contributed by atoms with Gasteiger partial charge in [0.1, 0.15) is 11.3 Å². The van der Waals surface area contributed by atoms with E-state index < -0.39 is 5.92 Å². The van der Waals surface area contributed by atoms with Gasteiger partial charge >= 0.3 is 0 Å². The Kier molecular flexibility index (Phi) is 2.40. The van der Waals surface area contributed by atoms with Crippen molar-refractivity contribution in [2.24, 2.45) is 5.73 Å². The van der Waals surface area contributed by atoms with E-state index in [2.05, 4.69) is 4.98 Å². The molecule has 15 heavy (non-hydrogen) atoms. The lowest BCUT2D eigenvalue weighted by Gasteiger charge is -2.14. The molecule has 0 unspecified atom stereocenters. The lowest BCUT2D eigenvalue weighted by atomic mass is 10.2. The van der Waals surface area contributed by atoms with E-state index in [1.807, 2.05) is 0 Å². The summed E-state index contributed by atoms with van der Waals surface area (Å²) in [5, 5.41) is 0. The second-order valence-corrected chi connectivity index (χ2v) is 3.32. The van der Waals surface area contributed by atoms with Crippen LogP contribution in [-0.4, -0.2) is 15.9 Å². The van der Waals surface area contributed by atoms with E-state index in [4.69, 9.17) is 5.73 Å². The zero-order valence-corrected chi connectivity index (χ0v) is 8.03. The summed E-state index contributed by atoms with van der Waals surface area (Å²) in [4.78, 5) is 3.91. The number of pyridine rings is 1. The Morgan fingerprint density at radius 1 is 1.40 bits per heavy atom. The molecule has 0 radical (unpaired) electrons. The second kappa shape index (κ2) is 3.58. The van der Waals surface area contributed by atoms with Gasteiger partial charge in [-0.2, -0.15) is 8.78 Å². The highest BCUT2D eigenvalue weighted by Crippen LogP contribution is 2.31. The molecule has 0 spiro atoms. The fraction of sp³-hybridized carbons (Fsp3) is 0.300. The first-order valence-corrected chi connectivity index (χ1v) is 4.65. The molecule has 0 saturated carbocycles. The molecule has 80 valence electrons. The van der Waals surface area contributed by atoms with Crippen molar-refractivity contribution in [2.45, 2.75) is 12.3 Å². The molecule has 0 amide bonds. The summed E-state index contributed by atoms with van der Waals surface area (Å²) in [7, 11) is 0. The topological polar surface area (TPSA) is 43.3 Å². The fourth-order valence-corrected chi connectivity index (χ4v) is 1.51. The van der Waals surface area contributed by atoms with Crippen LogP contribution in [0.15, 0.2) is 30.6 Å². The molecule has 0 aliphatic heterocycles. The van der Waals surface area contributed by atoms with Crippen molar-refractivity contribution in [3.63, 3.8) is 0 Å². The maximum atomic E-state index is 13.6. The van der Waals surface area contributed by atoms with Crippen LogP contribution < -0.4 is 5.73 Å². The molecule has 5 heteroatoms. The van der Waals surface area contributed by atoms with Crippen LogP contribution in [0.3, 0.4) is 0 Å². The van der Waals surface area contributed by atoms with E-state index in [-0.39, 0.29) is 18.7 Å². The average Bonchev–Trinajstić information content (AvgIpc) is 2.61. The number of halogens is 2. The number of imidazole rings is 1. The Morgan fingerprint density at radius 2 is 2.20 bits per heavy atom. The van der Waals surface area contributed by atoms with Gasteiger partial charge in [-0.05, 0) is 18.7 Å². The maximum Gasteiger partial charge on any atom is 0.290 e. The molecule has 2 N–H and O–H groups in total. The van der Waals surface area contributed by atoms with E-state index in [9.17, 15) is 8.78 Å². The molecule has 0 atom stereocenters. The number of alkyl halides is 2. The predicted octanol–water partition coefficient (Wildman–Crippen LogP) is 1.77. The van der Waals surface area contributed by atoms with Crippen molar-refractivity contribution in [3.05, 3.63) is 36.3 Å². The van der Waals surface area contributed by atoms with Crippen LogP contribution in [0.2, 0.25) is 0 Å². The summed E-state index contributed by atoms with van der Waals surface area (Å²) in [5.41, 5.74) is 5.57. The molecule has 0 aromatic carbocycles. The highest BCUT2D eigenvalue weighted by atomic mass is 19.3. The van der Waals surface area contributed by atoms with E-state index in [0.717, 1.165) is 0 Å². The van der Waals surface area contributed by atoms with Crippen molar-refractivity contribution in [1.82, 2.24) is 9.38 Å². The minimum Gasteiger partial charge on any atom is -0.330 e. The molecule has 0 saturated heterocycles. The maximum absolute atomic E-state index is 13.6. The number of fused-ring (bicyclic) bond motifs is 1. The van der Waals surface area contributed by atoms with Gasteiger partial charge in [-0.15, -0.1) is 0 Å². The molecule has 2 aromatic rings. The first-order chi connectivity index (χ1) is 7.15. The van der Waals surface area contributed by atoms with E-state index in [0.29, 0.717) is 5.65 Å². The minimum absolute atomic E-state index is 0.0485. The van der Waals surface area contributed by atoms with Crippen molar-refractivity contribution in [1.29, 1.82) is 0 Å². The van der Waals surface area contributed by atoms with Gasteiger partial charge in [0, 0.05) is 12.6 Å². The fourth-order valence-electron chi connectivity index (χ4n) is 1.51. The van der Waals surface area contributed by atoms with E-state index in [1.165, 1.54) is 10.6 Å². The Labute approximate surface area is 85.5 Å². The van der Waals surface area contributed by atoms with Crippen LogP contribution in [0.4, 0.5) is 8.78 Å². The normalized spacial score (nSPS) is 12.2. The van der Waals surface area contributed by atoms with Gasteiger partial charge in [-0.25, -0.2) is 4.98 Å². The highest BCUT2D eigenvalue weighted by Gasteiger charge is 2.33. The third kappa shape index (κ3) is 1.70. The number of hydrogen-bond acceptors (Lipinski definition) is 2. The summed E-state index contributed by atoms with van der Waals surface area (Å²) < 4.78 is 28.5. The Morgan fingerprint density at radius 3 is 2.93 bits per heavy atom. The summed E-state index contributed by atoms with van der Waals surface area (Å²) in [6.45, 7) is -0.0485. The highest BCUT2D eigenvalue weighted by molar-refractivity contribution is 5.40. The van der Waals surface area contributed by atoms with Crippen LogP contribution in [0.5, 0.6) is 0 Å². The molecular formula is C10H11F2N3. The van der Waals surface area contributed by atoms with Crippen molar-refractivity contribution in [2.75, 3.05) is 6.54 Å². The van der Waals surface area contributed by atoms with Gasteiger partial charge in [-0.3, -0.25) is 4.40 Å². The molecule has 2 rings (SSSR count). The number of nitrogens with two attached hydrogens (primary N) is 1. The number of nitrogens with zero attached hydrogens (tertiary/aromatic N) is 2. The Bertz CT molecular complexity index is 464. The molecule has 3 nitrogen and oxygen atoms in total. The molecule has 2 heterocycles. The summed E-state index contributed by atoms with van der Waals surface area (Å²) in [6.07, 6.45) is 2.41. The summed E-state index contributed by atoms with van der Waals surface area (Å²) >= 11 is 0. The minimum atomic E-state index is -2.92. The second-order valence-electron chi connectivity index (χ2n) is 3.32. The molecule has 0 fully saturated rings. The SMILES string of the molecule is NCCC(F)(F)c1cnc2ccccn12. The van der Waals surface area contributed by atoms with Gasteiger partial charge in [0.05, 0.1) is 6.20 Å². The molecule has 0 bridgehead atoms. The average molecular weight is 211 g/mol. The van der Waals surface area contributed by atoms with Crippen LogP contribution in [-0.2, 0) is 5.92 Å². The van der Waals surface area contributed by atoms with Crippen LogP contribution in [0, 0.1) is 0 Å². The smallest absolute Gasteiger partial charge is 0.290 e. The Hall–Kier alpha value is -1.49. The van der Waals surface area contributed by atoms with Crippen molar-refractivity contribution < 1.29 is 8.78 Å². The number of hydrogen-bond donors (Lipinski definition) is 1. The molecule has 2 aromatic heterocycles. The van der Waals surface area contributed by atoms with E-state index in [1.54, 1.807) is 24.4 Å². The first kappa shape index (κ1) is 10.0. The quantitative estimate of drug-likeness (QED) is 0.840. The van der Waals surface area contributed by atoms with Gasteiger partial charge < -0.3 is 5.73 Å². The standard InChI is InChI=1S/C10H11F2N3/c11-10(12,4-5-13)8-7-14-9-3-1-2-6-15(8)9/h1-3,6-7H,4-5,13H2. The van der Waals surface area contributed by atoms with Gasteiger partial charge in [-0.1, -0.05) is 6.07 Å². The molecular weight excluding hydrogens is 200 g/mol. The predicted molar refractivity (Wildman–Crippen MR) is 52.8 cm³/mol. The third-order valence-corrected chi connectivity index (χ3v) is 2.25. The van der Waals surface area contributed by atoms with Crippen molar-refractivity contribution in [3.8, 4) is 0 Å². The van der Waals surface area contributed by atoms with Gasteiger partial charge in [0.25, 0.3) is 5.92 Å². The summed E-state index contributed by atoms with van der Waals surface area (Å²) in [5.74, 6) is -2.92. The molecule has 0 aliphatic carbocycles. The number of aromatic nitrogens is 2.